The number of amides is 1. The van der Waals surface area contributed by atoms with Gasteiger partial charge in [0.25, 0.3) is 5.91 Å². The van der Waals surface area contributed by atoms with Crippen molar-refractivity contribution in [1.82, 2.24) is 14.7 Å². The first-order valence-electron chi connectivity index (χ1n) is 6.70. The maximum absolute atomic E-state index is 12.3. The minimum atomic E-state index is -0.137. The van der Waals surface area contributed by atoms with Crippen LogP contribution in [0, 0.1) is 0 Å². The van der Waals surface area contributed by atoms with Crippen LogP contribution in [0.5, 0.6) is 0 Å². The predicted octanol–water partition coefficient (Wildman–Crippen LogP) is 1.56. The molecule has 0 aliphatic rings. The minimum Gasteiger partial charge on any atom is -0.399 e. The van der Waals surface area contributed by atoms with Gasteiger partial charge in [0, 0.05) is 26.0 Å². The van der Waals surface area contributed by atoms with E-state index in [4.69, 9.17) is 10.5 Å². The summed E-state index contributed by atoms with van der Waals surface area (Å²) in [5.74, 6) is -0.137. The maximum Gasteiger partial charge on any atom is 0.274 e. The number of carbonyl (C=O) groups is 1. The van der Waals surface area contributed by atoms with Crippen molar-refractivity contribution < 1.29 is 9.53 Å². The molecule has 0 bridgehead atoms. The zero-order chi connectivity index (χ0) is 15.4. The number of hydrogen-bond donors (Lipinski definition) is 1. The number of methoxy groups -OCH3 is 1. The first kappa shape index (κ1) is 15.1. The molecule has 0 fully saturated rings. The summed E-state index contributed by atoms with van der Waals surface area (Å²) in [4.78, 5) is 14.0. The second-order valence-corrected chi connectivity index (χ2v) is 4.96. The maximum atomic E-state index is 12.3. The van der Waals surface area contributed by atoms with Crippen LogP contribution in [-0.2, 0) is 4.74 Å². The van der Waals surface area contributed by atoms with Crippen molar-refractivity contribution in [2.24, 2.45) is 0 Å². The van der Waals surface area contributed by atoms with Crippen LogP contribution in [0.15, 0.2) is 36.5 Å². The van der Waals surface area contributed by atoms with Gasteiger partial charge >= 0.3 is 0 Å². The van der Waals surface area contributed by atoms with Gasteiger partial charge in [0.1, 0.15) is 0 Å². The summed E-state index contributed by atoms with van der Waals surface area (Å²) in [5, 5.41) is 4.31. The third-order valence-electron chi connectivity index (χ3n) is 3.33. The van der Waals surface area contributed by atoms with Gasteiger partial charge in [-0.05, 0) is 31.2 Å². The number of carbonyl (C=O) groups excluding carboxylic acids is 1. The summed E-state index contributed by atoms with van der Waals surface area (Å²) >= 11 is 0. The van der Waals surface area contributed by atoms with Crippen molar-refractivity contribution in [1.29, 1.82) is 0 Å². The van der Waals surface area contributed by atoms with Gasteiger partial charge in [-0.25, -0.2) is 4.68 Å². The van der Waals surface area contributed by atoms with Gasteiger partial charge < -0.3 is 15.4 Å². The van der Waals surface area contributed by atoms with Crippen LogP contribution in [0.1, 0.15) is 17.4 Å². The van der Waals surface area contributed by atoms with Gasteiger partial charge in [-0.1, -0.05) is 6.07 Å². The molecule has 0 saturated carbocycles. The van der Waals surface area contributed by atoms with Gasteiger partial charge in [-0.15, -0.1) is 0 Å². The molecule has 2 rings (SSSR count). The average Bonchev–Trinajstić information content (AvgIpc) is 2.95. The van der Waals surface area contributed by atoms with E-state index in [2.05, 4.69) is 5.10 Å². The Labute approximate surface area is 124 Å². The van der Waals surface area contributed by atoms with Crippen LogP contribution >= 0.6 is 0 Å². The standard InChI is InChI=1S/C15H20N4O2/c1-11(10-21-3)18(2)15(20)14-7-8-19(17-14)13-6-4-5-12(16)9-13/h4-9,11H,10,16H2,1-3H3. The zero-order valence-corrected chi connectivity index (χ0v) is 12.5. The predicted molar refractivity (Wildman–Crippen MR) is 81.4 cm³/mol. The number of ether oxygens (including phenoxy) is 1. The molecule has 0 aliphatic carbocycles. The minimum absolute atomic E-state index is 0.0139. The van der Waals surface area contributed by atoms with E-state index >= 15 is 0 Å². The van der Waals surface area contributed by atoms with Crippen LogP contribution in [0.25, 0.3) is 5.69 Å². The van der Waals surface area contributed by atoms with Gasteiger partial charge in [0.05, 0.1) is 18.3 Å². The third-order valence-corrected chi connectivity index (χ3v) is 3.33. The summed E-state index contributed by atoms with van der Waals surface area (Å²) in [6, 6.07) is 9.02. The number of likely N-dealkylation sites (N-methyl/N-ethyl adjacent to an activating group) is 1. The number of rotatable bonds is 5. The first-order valence-corrected chi connectivity index (χ1v) is 6.70. The number of nitrogen functional groups attached to an aromatic ring is 1. The average molecular weight is 288 g/mol. The van der Waals surface area contributed by atoms with Gasteiger partial charge in [0.2, 0.25) is 0 Å². The molecule has 0 spiro atoms. The van der Waals surface area contributed by atoms with E-state index in [1.165, 1.54) is 0 Å². The highest BCUT2D eigenvalue weighted by molar-refractivity contribution is 5.92. The summed E-state index contributed by atoms with van der Waals surface area (Å²) in [5.41, 5.74) is 7.62. The lowest BCUT2D eigenvalue weighted by Gasteiger charge is -2.23. The molecule has 0 saturated heterocycles. The Balaban J connectivity index is 2.18. The van der Waals surface area contributed by atoms with E-state index in [9.17, 15) is 4.79 Å². The van der Waals surface area contributed by atoms with Crippen molar-refractivity contribution in [3.63, 3.8) is 0 Å². The SMILES string of the molecule is COCC(C)N(C)C(=O)c1ccn(-c2cccc(N)c2)n1. The molecule has 1 heterocycles. The van der Waals surface area contributed by atoms with E-state index in [-0.39, 0.29) is 11.9 Å². The largest absolute Gasteiger partial charge is 0.399 e. The lowest BCUT2D eigenvalue weighted by molar-refractivity contribution is 0.0627. The second kappa shape index (κ2) is 6.41. The van der Waals surface area contributed by atoms with Crippen LogP contribution in [0.4, 0.5) is 5.69 Å². The molecule has 6 heteroatoms. The van der Waals surface area contributed by atoms with Crippen LogP contribution in [0.3, 0.4) is 0 Å². The Hall–Kier alpha value is -2.34. The van der Waals surface area contributed by atoms with Gasteiger partial charge in [-0.2, -0.15) is 5.10 Å². The Morgan fingerprint density at radius 3 is 2.90 bits per heavy atom. The molecule has 0 aliphatic heterocycles. The molecule has 112 valence electrons. The zero-order valence-electron chi connectivity index (χ0n) is 12.5. The molecule has 1 amide bonds. The topological polar surface area (TPSA) is 73.4 Å². The van der Waals surface area contributed by atoms with E-state index in [1.54, 1.807) is 48.1 Å². The summed E-state index contributed by atoms with van der Waals surface area (Å²) < 4.78 is 6.70. The molecule has 6 nitrogen and oxygen atoms in total. The van der Waals surface area contributed by atoms with Crippen molar-refractivity contribution in [3.05, 3.63) is 42.2 Å². The summed E-state index contributed by atoms with van der Waals surface area (Å²) in [6.45, 7) is 2.41. The van der Waals surface area contributed by atoms with E-state index < -0.39 is 0 Å². The fourth-order valence-electron chi connectivity index (χ4n) is 1.98. The molecular weight excluding hydrogens is 268 g/mol. The fourth-order valence-corrected chi connectivity index (χ4v) is 1.98. The van der Waals surface area contributed by atoms with E-state index in [1.807, 2.05) is 19.1 Å². The van der Waals surface area contributed by atoms with Gasteiger partial charge in [-0.3, -0.25) is 4.79 Å². The van der Waals surface area contributed by atoms with E-state index in [0.717, 1.165) is 5.69 Å². The Morgan fingerprint density at radius 1 is 1.48 bits per heavy atom. The first-order chi connectivity index (χ1) is 10.0. The van der Waals surface area contributed by atoms with Crippen molar-refractivity contribution in [2.75, 3.05) is 26.5 Å². The molecule has 1 aromatic heterocycles. The van der Waals surface area contributed by atoms with Crippen LogP contribution in [-0.4, -0.2) is 47.4 Å². The number of anilines is 1. The highest BCUT2D eigenvalue weighted by Gasteiger charge is 2.19. The molecular formula is C15H20N4O2. The molecule has 1 unspecified atom stereocenters. The molecule has 0 radical (unpaired) electrons. The van der Waals surface area contributed by atoms with Crippen LogP contribution < -0.4 is 5.73 Å². The Kier molecular flexibility index (Phi) is 4.59. The molecule has 21 heavy (non-hydrogen) atoms. The quantitative estimate of drug-likeness (QED) is 0.847. The second-order valence-electron chi connectivity index (χ2n) is 4.96. The molecule has 2 aromatic rings. The van der Waals surface area contributed by atoms with Crippen molar-refractivity contribution >= 4 is 11.6 Å². The molecule has 2 N–H and O–H groups in total. The van der Waals surface area contributed by atoms with Gasteiger partial charge in [0.15, 0.2) is 5.69 Å². The molecule has 1 aromatic carbocycles. The fraction of sp³-hybridized carbons (Fsp3) is 0.333. The number of nitrogens with two attached hydrogens (primary N) is 1. The van der Waals surface area contributed by atoms with E-state index in [0.29, 0.717) is 18.0 Å². The lowest BCUT2D eigenvalue weighted by atomic mass is 10.3. The number of aromatic nitrogens is 2. The number of hydrogen-bond acceptors (Lipinski definition) is 4. The molecule has 1 atom stereocenters. The Bertz CT molecular complexity index is 624. The normalized spacial score (nSPS) is 12.1. The van der Waals surface area contributed by atoms with Crippen molar-refractivity contribution in [3.8, 4) is 5.69 Å². The number of nitrogens with zero attached hydrogens (tertiary/aromatic N) is 3. The lowest BCUT2D eigenvalue weighted by Crippen LogP contribution is -2.38. The monoisotopic (exact) mass is 288 g/mol. The Morgan fingerprint density at radius 2 is 2.24 bits per heavy atom. The third kappa shape index (κ3) is 3.41. The summed E-state index contributed by atoms with van der Waals surface area (Å²) in [6.07, 6.45) is 1.75. The summed E-state index contributed by atoms with van der Waals surface area (Å²) in [7, 11) is 3.36. The van der Waals surface area contributed by atoms with Crippen LogP contribution in [0.2, 0.25) is 0 Å². The smallest absolute Gasteiger partial charge is 0.274 e. The highest BCUT2D eigenvalue weighted by atomic mass is 16.5. The number of benzene rings is 1. The highest BCUT2D eigenvalue weighted by Crippen LogP contribution is 2.13. The van der Waals surface area contributed by atoms with Crippen molar-refractivity contribution in [2.45, 2.75) is 13.0 Å².